The number of hydrogen-bond donors (Lipinski definition) is 1. The second kappa shape index (κ2) is 8.01. The molecule has 3 aromatic carbocycles. The monoisotopic (exact) mass is 505 g/mol. The van der Waals surface area contributed by atoms with Crippen LogP contribution in [0.1, 0.15) is 18.0 Å². The number of nitrogens with zero attached hydrogens (tertiary/aromatic N) is 1. The zero-order valence-electron chi connectivity index (χ0n) is 14.8. The number of phenolic OH excluding ortho intramolecular Hbond substituents is 1. The highest BCUT2D eigenvalue weighted by molar-refractivity contribution is 14.1. The Morgan fingerprint density at radius 1 is 1.00 bits per heavy atom. The number of hydrogen-bond acceptors (Lipinski definition) is 3. The van der Waals surface area contributed by atoms with Gasteiger partial charge in [-0.1, -0.05) is 46.3 Å². The minimum Gasteiger partial charge on any atom is -0.508 e. The summed E-state index contributed by atoms with van der Waals surface area (Å²) in [6, 6.07) is 21.6. The third kappa shape index (κ3) is 3.95. The number of phenols is 1. The van der Waals surface area contributed by atoms with Crippen LogP contribution in [0.2, 0.25) is 5.02 Å². The summed E-state index contributed by atoms with van der Waals surface area (Å²) in [4.78, 5) is 14.6. The van der Waals surface area contributed by atoms with Crippen molar-refractivity contribution in [2.75, 3.05) is 4.90 Å². The third-order valence-corrected chi connectivity index (χ3v) is 5.96. The minimum atomic E-state index is -0.107. The highest BCUT2D eigenvalue weighted by Crippen LogP contribution is 2.41. The predicted octanol–water partition coefficient (Wildman–Crippen LogP) is 6.12. The molecule has 4 rings (SSSR count). The minimum absolute atomic E-state index is 0.0697. The molecule has 142 valence electrons. The Kier molecular flexibility index (Phi) is 5.46. The van der Waals surface area contributed by atoms with E-state index >= 15 is 0 Å². The molecule has 1 fully saturated rings. The van der Waals surface area contributed by atoms with Crippen molar-refractivity contribution in [2.24, 2.45) is 0 Å². The summed E-state index contributed by atoms with van der Waals surface area (Å²) in [6.45, 7) is 0. The molecule has 1 N–H and O–H groups in total. The van der Waals surface area contributed by atoms with Crippen molar-refractivity contribution in [3.8, 4) is 17.2 Å². The summed E-state index contributed by atoms with van der Waals surface area (Å²) in [7, 11) is 0. The molecule has 1 aliphatic heterocycles. The van der Waals surface area contributed by atoms with E-state index < -0.39 is 0 Å². The van der Waals surface area contributed by atoms with Crippen LogP contribution in [0.25, 0.3) is 0 Å². The fourth-order valence-corrected chi connectivity index (χ4v) is 4.25. The van der Waals surface area contributed by atoms with E-state index in [1.165, 1.54) is 0 Å². The fourth-order valence-electron chi connectivity index (χ4n) is 3.34. The van der Waals surface area contributed by atoms with E-state index in [2.05, 4.69) is 22.6 Å². The van der Waals surface area contributed by atoms with Gasteiger partial charge in [-0.05, 0) is 72.6 Å². The highest BCUT2D eigenvalue weighted by Gasteiger charge is 2.39. The molecule has 28 heavy (non-hydrogen) atoms. The Morgan fingerprint density at radius 2 is 1.64 bits per heavy atom. The fraction of sp³-hybridized carbons (Fsp3) is 0.136. The van der Waals surface area contributed by atoms with Gasteiger partial charge in [0.1, 0.15) is 17.2 Å². The first-order valence-electron chi connectivity index (χ1n) is 8.81. The second-order valence-corrected chi connectivity index (χ2v) is 8.51. The molecule has 4 nitrogen and oxygen atoms in total. The average Bonchev–Trinajstić information content (AvgIpc) is 2.99. The van der Waals surface area contributed by atoms with Gasteiger partial charge in [0.15, 0.2) is 0 Å². The van der Waals surface area contributed by atoms with Crippen LogP contribution in [0, 0.1) is 0 Å². The molecule has 0 spiro atoms. The van der Waals surface area contributed by atoms with Crippen molar-refractivity contribution >= 4 is 45.8 Å². The maximum Gasteiger partial charge on any atom is 0.240 e. The van der Waals surface area contributed by atoms with E-state index in [0.29, 0.717) is 22.9 Å². The number of benzene rings is 3. The molecular weight excluding hydrogens is 489 g/mol. The van der Waals surface area contributed by atoms with E-state index in [9.17, 15) is 9.90 Å². The van der Waals surface area contributed by atoms with E-state index in [1.54, 1.807) is 47.4 Å². The number of carbonyl (C=O) groups excluding carboxylic acids is 1. The Balaban J connectivity index is 1.59. The number of rotatable bonds is 4. The van der Waals surface area contributed by atoms with Crippen molar-refractivity contribution in [3.05, 3.63) is 83.4 Å². The summed E-state index contributed by atoms with van der Waals surface area (Å²) >= 11 is 8.08. The summed E-state index contributed by atoms with van der Waals surface area (Å²) in [5.74, 6) is 1.64. The highest BCUT2D eigenvalue weighted by atomic mass is 127. The second-order valence-electron chi connectivity index (χ2n) is 6.57. The van der Waals surface area contributed by atoms with Crippen LogP contribution in [0.5, 0.6) is 17.2 Å². The van der Waals surface area contributed by atoms with Gasteiger partial charge < -0.3 is 14.7 Å². The molecule has 3 aromatic rings. The van der Waals surface area contributed by atoms with Gasteiger partial charge in [0, 0.05) is 10.7 Å². The molecule has 1 amide bonds. The van der Waals surface area contributed by atoms with Crippen LogP contribution in [0.4, 0.5) is 5.69 Å². The molecule has 0 aromatic heterocycles. The Hall–Kier alpha value is -2.25. The van der Waals surface area contributed by atoms with E-state index in [4.69, 9.17) is 16.3 Å². The molecule has 0 radical (unpaired) electrons. The molecule has 1 heterocycles. The maximum absolute atomic E-state index is 12.8. The van der Waals surface area contributed by atoms with Crippen LogP contribution in [0.3, 0.4) is 0 Å². The topological polar surface area (TPSA) is 49.8 Å². The lowest BCUT2D eigenvalue weighted by molar-refractivity contribution is -0.116. The summed E-state index contributed by atoms with van der Waals surface area (Å²) in [5, 5.41) is 10.5. The smallest absolute Gasteiger partial charge is 0.240 e. The molecule has 0 aliphatic carbocycles. The largest absolute Gasteiger partial charge is 0.508 e. The zero-order valence-corrected chi connectivity index (χ0v) is 17.7. The Bertz CT molecular complexity index is 991. The maximum atomic E-state index is 12.8. The number of carbonyl (C=O) groups is 1. The number of ether oxygens (including phenoxy) is 1. The van der Waals surface area contributed by atoms with Crippen LogP contribution < -0.4 is 9.64 Å². The van der Waals surface area contributed by atoms with Gasteiger partial charge in [0.2, 0.25) is 5.91 Å². The lowest BCUT2D eigenvalue weighted by Crippen LogP contribution is -2.29. The first-order chi connectivity index (χ1) is 13.5. The molecule has 6 heteroatoms. The van der Waals surface area contributed by atoms with Crippen LogP contribution >= 0.6 is 34.2 Å². The van der Waals surface area contributed by atoms with Gasteiger partial charge in [-0.2, -0.15) is 0 Å². The summed E-state index contributed by atoms with van der Waals surface area (Å²) in [5.41, 5.74) is 1.73. The number of aromatic hydroxyl groups is 1. The van der Waals surface area contributed by atoms with Crippen LogP contribution in [-0.4, -0.2) is 14.9 Å². The number of anilines is 1. The van der Waals surface area contributed by atoms with Gasteiger partial charge in [-0.3, -0.25) is 4.79 Å². The van der Waals surface area contributed by atoms with Gasteiger partial charge in [0.25, 0.3) is 0 Å². The van der Waals surface area contributed by atoms with Crippen LogP contribution in [-0.2, 0) is 4.79 Å². The summed E-state index contributed by atoms with van der Waals surface area (Å²) < 4.78 is 5.73. The molecule has 1 saturated heterocycles. The van der Waals surface area contributed by atoms with Crippen molar-refractivity contribution in [1.82, 2.24) is 0 Å². The molecule has 2 atom stereocenters. The first-order valence-corrected chi connectivity index (χ1v) is 10.4. The van der Waals surface area contributed by atoms with E-state index in [1.807, 2.05) is 30.3 Å². The molecule has 2 unspecified atom stereocenters. The van der Waals surface area contributed by atoms with Crippen molar-refractivity contribution < 1.29 is 14.6 Å². The first kappa shape index (κ1) is 19.1. The predicted molar refractivity (Wildman–Crippen MR) is 119 cm³/mol. The SMILES string of the molecule is O=C1C(I)CC(c2cccc(O)c2)N1c1ccc(Oc2ccc(Cl)cc2)cc1. The molecular formula is C22H17ClINO3. The van der Waals surface area contributed by atoms with Gasteiger partial charge in [-0.25, -0.2) is 0 Å². The van der Waals surface area contributed by atoms with Crippen molar-refractivity contribution in [3.63, 3.8) is 0 Å². The number of alkyl halides is 1. The average molecular weight is 506 g/mol. The van der Waals surface area contributed by atoms with Gasteiger partial charge in [-0.15, -0.1) is 0 Å². The Morgan fingerprint density at radius 3 is 2.29 bits per heavy atom. The molecule has 0 bridgehead atoms. The van der Waals surface area contributed by atoms with Crippen LogP contribution in [0.15, 0.2) is 72.8 Å². The lowest BCUT2D eigenvalue weighted by Gasteiger charge is -2.25. The lowest BCUT2D eigenvalue weighted by atomic mass is 10.0. The van der Waals surface area contributed by atoms with Crippen molar-refractivity contribution in [1.29, 1.82) is 0 Å². The third-order valence-electron chi connectivity index (χ3n) is 4.67. The summed E-state index contributed by atoms with van der Waals surface area (Å²) in [6.07, 6.45) is 0.700. The van der Waals surface area contributed by atoms with E-state index in [0.717, 1.165) is 11.3 Å². The standard InChI is InChI=1S/C22H17ClINO3/c23-15-4-8-18(9-5-15)28-19-10-6-16(7-11-19)25-21(13-20(24)22(25)27)14-2-1-3-17(26)12-14/h1-12,20-21,26H,13H2. The van der Waals surface area contributed by atoms with Gasteiger partial charge >= 0.3 is 0 Å². The Labute approximate surface area is 181 Å². The normalized spacial score (nSPS) is 19.1. The number of amides is 1. The number of halogens is 2. The van der Waals surface area contributed by atoms with E-state index in [-0.39, 0.29) is 21.6 Å². The molecule has 0 saturated carbocycles. The van der Waals surface area contributed by atoms with Crippen molar-refractivity contribution in [2.45, 2.75) is 16.4 Å². The van der Waals surface area contributed by atoms with Gasteiger partial charge in [0.05, 0.1) is 9.97 Å². The quantitative estimate of drug-likeness (QED) is 0.343. The zero-order chi connectivity index (χ0) is 19.7. The molecule has 1 aliphatic rings.